The molecule has 0 amide bonds. The van der Waals surface area contributed by atoms with E-state index in [0.717, 1.165) is 75.1 Å². The van der Waals surface area contributed by atoms with E-state index in [2.05, 4.69) is 15.6 Å². The van der Waals surface area contributed by atoms with Gasteiger partial charge in [-0.3, -0.25) is 4.99 Å². The van der Waals surface area contributed by atoms with Gasteiger partial charge in [0, 0.05) is 52.1 Å². The fourth-order valence-corrected chi connectivity index (χ4v) is 3.52. The monoisotopic (exact) mass is 409 g/mol. The Morgan fingerprint density at radius 1 is 1.21 bits per heavy atom. The number of guanidine groups is 1. The molecule has 2 aliphatic rings. The highest BCUT2D eigenvalue weighted by Crippen LogP contribution is 2.29. The minimum Gasteiger partial charge on any atom is -0.467 e. The summed E-state index contributed by atoms with van der Waals surface area (Å²) in [7, 11) is 1.74. The molecule has 1 aromatic carbocycles. The van der Waals surface area contributed by atoms with E-state index in [0.29, 0.717) is 25.5 Å². The summed E-state index contributed by atoms with van der Waals surface area (Å²) in [5.41, 5.74) is 1.60. The molecule has 0 bridgehead atoms. The Bertz CT molecular complexity index is 666. The van der Waals surface area contributed by atoms with Gasteiger partial charge < -0.3 is 29.6 Å². The number of fused-ring (bicyclic) bond motifs is 1. The Morgan fingerprint density at radius 3 is 2.86 bits per heavy atom. The molecule has 2 heterocycles. The van der Waals surface area contributed by atoms with Gasteiger partial charge in [0.15, 0.2) is 12.8 Å². The van der Waals surface area contributed by atoms with Crippen LogP contribution in [0.3, 0.4) is 0 Å². The van der Waals surface area contributed by atoms with Crippen LogP contribution in [0.15, 0.2) is 17.1 Å². The van der Waals surface area contributed by atoms with Gasteiger partial charge >= 0.3 is 0 Å². The highest BCUT2D eigenvalue weighted by atomic mass is 19.1. The molecule has 0 aliphatic carbocycles. The summed E-state index contributed by atoms with van der Waals surface area (Å²) >= 11 is 0. The van der Waals surface area contributed by atoms with Gasteiger partial charge in [0.05, 0.1) is 6.61 Å². The minimum absolute atomic E-state index is 0.207. The molecule has 2 aliphatic heterocycles. The third-order valence-electron chi connectivity index (χ3n) is 5.11. The van der Waals surface area contributed by atoms with Crippen LogP contribution in [0.1, 0.15) is 30.4 Å². The first-order valence-corrected chi connectivity index (χ1v) is 10.4. The summed E-state index contributed by atoms with van der Waals surface area (Å²) in [5, 5.41) is 6.54. The smallest absolute Gasteiger partial charge is 0.190 e. The van der Waals surface area contributed by atoms with Crippen molar-refractivity contribution >= 4 is 5.96 Å². The number of aliphatic imine (C=N–C) groups is 1. The Hall–Kier alpha value is -1.90. The molecular formula is C21H32FN3O4. The fraction of sp³-hybridized carbons (Fsp3) is 0.667. The van der Waals surface area contributed by atoms with Gasteiger partial charge in [-0.25, -0.2) is 4.39 Å². The molecule has 162 valence electrons. The molecule has 2 N–H and O–H groups in total. The Balaban J connectivity index is 1.31. The molecule has 1 fully saturated rings. The molecule has 29 heavy (non-hydrogen) atoms. The second-order valence-electron chi connectivity index (χ2n) is 7.32. The van der Waals surface area contributed by atoms with E-state index < -0.39 is 0 Å². The van der Waals surface area contributed by atoms with Crippen molar-refractivity contribution in [2.75, 3.05) is 53.4 Å². The standard InChI is InChI=1S/C21H32FN3O4/c1-23-21(24-6-2-8-27-13-16-4-9-26-10-5-16)25-7-3-17-11-19(22)12-18-14-28-15-29-20(17)18/h11-12,16H,2-10,13-15H2,1H3,(H2,23,24,25). The SMILES string of the molecule is CN=C(NCCCOCC1CCOCC1)NCCc1cc(F)cc2c1OCOC2. The normalized spacial score (nSPS) is 17.5. The summed E-state index contributed by atoms with van der Waals surface area (Å²) in [5.74, 6) is 1.83. The van der Waals surface area contributed by atoms with Gasteiger partial charge in [-0.1, -0.05) is 0 Å². The molecule has 0 radical (unpaired) electrons. The fourth-order valence-electron chi connectivity index (χ4n) is 3.52. The third-order valence-corrected chi connectivity index (χ3v) is 5.11. The molecule has 0 unspecified atom stereocenters. The van der Waals surface area contributed by atoms with Gasteiger partial charge in [0.25, 0.3) is 0 Å². The summed E-state index contributed by atoms with van der Waals surface area (Å²) in [6, 6.07) is 2.99. The van der Waals surface area contributed by atoms with Crippen molar-refractivity contribution < 1.29 is 23.3 Å². The quantitative estimate of drug-likeness (QED) is 0.370. The number of ether oxygens (including phenoxy) is 4. The number of halogens is 1. The maximum atomic E-state index is 13.8. The van der Waals surface area contributed by atoms with Crippen LogP contribution < -0.4 is 15.4 Å². The van der Waals surface area contributed by atoms with Crippen molar-refractivity contribution in [2.24, 2.45) is 10.9 Å². The van der Waals surface area contributed by atoms with Crippen molar-refractivity contribution in [1.29, 1.82) is 0 Å². The Kier molecular flexibility index (Phi) is 8.98. The molecule has 8 heteroatoms. The topological polar surface area (TPSA) is 73.3 Å². The molecule has 1 aromatic rings. The van der Waals surface area contributed by atoms with Gasteiger partial charge in [0.2, 0.25) is 0 Å². The van der Waals surface area contributed by atoms with Crippen molar-refractivity contribution in [3.63, 3.8) is 0 Å². The lowest BCUT2D eigenvalue weighted by atomic mass is 10.0. The molecule has 7 nitrogen and oxygen atoms in total. The van der Waals surface area contributed by atoms with E-state index >= 15 is 0 Å². The number of hydrogen-bond acceptors (Lipinski definition) is 5. The van der Waals surface area contributed by atoms with Crippen LogP contribution in [0.2, 0.25) is 0 Å². The molecule has 0 aromatic heterocycles. The molecule has 0 atom stereocenters. The largest absolute Gasteiger partial charge is 0.467 e. The lowest BCUT2D eigenvalue weighted by Crippen LogP contribution is -2.39. The lowest BCUT2D eigenvalue weighted by molar-refractivity contribution is -0.0172. The summed E-state index contributed by atoms with van der Waals surface area (Å²) in [6.07, 6.45) is 3.74. The number of hydrogen-bond donors (Lipinski definition) is 2. The first kappa shape index (κ1) is 21.8. The van der Waals surface area contributed by atoms with Crippen LogP contribution in [0, 0.1) is 11.7 Å². The molecule has 0 saturated carbocycles. The van der Waals surface area contributed by atoms with E-state index in [1.54, 1.807) is 7.05 Å². The number of benzene rings is 1. The average Bonchev–Trinajstić information content (AvgIpc) is 2.75. The van der Waals surface area contributed by atoms with Crippen molar-refractivity contribution in [3.05, 3.63) is 29.1 Å². The van der Waals surface area contributed by atoms with Crippen LogP contribution in [0.4, 0.5) is 4.39 Å². The predicted octanol–water partition coefficient (Wildman–Crippen LogP) is 2.23. The molecule has 0 spiro atoms. The van der Waals surface area contributed by atoms with Crippen LogP contribution in [0.25, 0.3) is 0 Å². The van der Waals surface area contributed by atoms with E-state index in [4.69, 9.17) is 18.9 Å². The van der Waals surface area contributed by atoms with E-state index in [9.17, 15) is 4.39 Å². The highest BCUT2D eigenvalue weighted by molar-refractivity contribution is 5.79. The van der Waals surface area contributed by atoms with Crippen molar-refractivity contribution in [2.45, 2.75) is 32.3 Å². The van der Waals surface area contributed by atoms with E-state index in [1.165, 1.54) is 12.1 Å². The van der Waals surface area contributed by atoms with Crippen LogP contribution >= 0.6 is 0 Å². The third kappa shape index (κ3) is 7.13. The predicted molar refractivity (Wildman–Crippen MR) is 109 cm³/mol. The number of rotatable bonds is 9. The second-order valence-corrected chi connectivity index (χ2v) is 7.32. The van der Waals surface area contributed by atoms with Gasteiger partial charge in [0.1, 0.15) is 11.6 Å². The summed E-state index contributed by atoms with van der Waals surface area (Å²) < 4.78 is 35.7. The van der Waals surface area contributed by atoms with E-state index in [-0.39, 0.29) is 12.6 Å². The second kappa shape index (κ2) is 11.9. The van der Waals surface area contributed by atoms with E-state index in [1.807, 2.05) is 0 Å². The van der Waals surface area contributed by atoms with Crippen LogP contribution in [0.5, 0.6) is 5.75 Å². The summed E-state index contributed by atoms with van der Waals surface area (Å²) in [4.78, 5) is 4.23. The van der Waals surface area contributed by atoms with Crippen LogP contribution in [-0.4, -0.2) is 59.3 Å². The Morgan fingerprint density at radius 2 is 2.03 bits per heavy atom. The number of nitrogens with one attached hydrogen (secondary N) is 2. The zero-order valence-corrected chi connectivity index (χ0v) is 17.2. The first-order chi connectivity index (χ1) is 14.3. The van der Waals surface area contributed by atoms with Gasteiger partial charge in [-0.15, -0.1) is 0 Å². The zero-order valence-electron chi connectivity index (χ0n) is 17.2. The zero-order chi connectivity index (χ0) is 20.3. The molecule has 1 saturated heterocycles. The summed E-state index contributed by atoms with van der Waals surface area (Å²) in [6.45, 7) is 5.26. The van der Waals surface area contributed by atoms with Gasteiger partial charge in [-0.05, 0) is 49.3 Å². The lowest BCUT2D eigenvalue weighted by Gasteiger charge is -2.21. The molecular weight excluding hydrogens is 377 g/mol. The van der Waals surface area contributed by atoms with Gasteiger partial charge in [-0.2, -0.15) is 0 Å². The molecule has 3 rings (SSSR count). The van der Waals surface area contributed by atoms with Crippen molar-refractivity contribution in [1.82, 2.24) is 10.6 Å². The Labute approximate surface area is 172 Å². The first-order valence-electron chi connectivity index (χ1n) is 10.4. The van der Waals surface area contributed by atoms with Crippen LogP contribution in [-0.2, 0) is 27.2 Å². The van der Waals surface area contributed by atoms with Crippen molar-refractivity contribution in [3.8, 4) is 5.75 Å². The number of nitrogens with zero attached hydrogens (tertiary/aromatic N) is 1. The minimum atomic E-state index is -0.267. The highest BCUT2D eigenvalue weighted by Gasteiger charge is 2.17. The maximum absolute atomic E-state index is 13.8. The average molecular weight is 410 g/mol. The maximum Gasteiger partial charge on any atom is 0.190 e.